The van der Waals surface area contributed by atoms with Crippen LogP contribution in [0.25, 0.3) is 11.0 Å². The minimum absolute atomic E-state index is 0.194. The molecule has 1 aliphatic rings. The van der Waals surface area contributed by atoms with Crippen molar-refractivity contribution in [2.24, 2.45) is 0 Å². The first-order valence-electron chi connectivity index (χ1n) is 7.60. The number of nitrogens with zero attached hydrogens (tertiary/aromatic N) is 1. The number of rotatable bonds is 3. The van der Waals surface area contributed by atoms with E-state index in [9.17, 15) is 13.2 Å². The first-order chi connectivity index (χ1) is 10.8. The molecule has 7 heteroatoms. The van der Waals surface area contributed by atoms with Crippen LogP contribution in [0.15, 0.2) is 28.7 Å². The van der Waals surface area contributed by atoms with E-state index in [4.69, 9.17) is 4.42 Å². The summed E-state index contributed by atoms with van der Waals surface area (Å²) >= 11 is 0. The Morgan fingerprint density at radius 1 is 1.39 bits per heavy atom. The molecule has 124 valence electrons. The van der Waals surface area contributed by atoms with Crippen LogP contribution >= 0.6 is 0 Å². The molecule has 1 N–H and O–H groups in total. The molecule has 1 aliphatic heterocycles. The summed E-state index contributed by atoms with van der Waals surface area (Å²) in [6, 6.07) is 7.27. The molecule has 0 bridgehead atoms. The van der Waals surface area contributed by atoms with Crippen molar-refractivity contribution in [2.75, 3.05) is 19.3 Å². The van der Waals surface area contributed by atoms with Crippen LogP contribution in [0.3, 0.4) is 0 Å². The molecule has 1 atom stereocenters. The third-order valence-electron chi connectivity index (χ3n) is 4.15. The third-order valence-corrected chi connectivity index (χ3v) is 5.42. The van der Waals surface area contributed by atoms with Crippen LogP contribution in [0, 0.1) is 6.92 Å². The van der Waals surface area contributed by atoms with Gasteiger partial charge in [0.25, 0.3) is 5.91 Å². The summed E-state index contributed by atoms with van der Waals surface area (Å²) in [7, 11) is -3.23. The van der Waals surface area contributed by atoms with Crippen molar-refractivity contribution >= 4 is 26.9 Å². The van der Waals surface area contributed by atoms with Gasteiger partial charge in [0.1, 0.15) is 5.58 Å². The van der Waals surface area contributed by atoms with Gasteiger partial charge >= 0.3 is 0 Å². The lowest BCUT2D eigenvalue weighted by Gasteiger charge is -2.31. The van der Waals surface area contributed by atoms with Gasteiger partial charge in [-0.25, -0.2) is 12.7 Å². The average molecular weight is 336 g/mol. The van der Waals surface area contributed by atoms with E-state index in [0.29, 0.717) is 18.7 Å². The molecule has 0 aliphatic carbocycles. The van der Waals surface area contributed by atoms with Gasteiger partial charge in [0.15, 0.2) is 5.76 Å². The quantitative estimate of drug-likeness (QED) is 0.928. The maximum absolute atomic E-state index is 12.4. The molecular formula is C16H20N2O4S. The van der Waals surface area contributed by atoms with Gasteiger partial charge in [-0.1, -0.05) is 18.2 Å². The number of amides is 1. The van der Waals surface area contributed by atoms with E-state index >= 15 is 0 Å². The number of benzene rings is 1. The summed E-state index contributed by atoms with van der Waals surface area (Å²) in [5.74, 6) is -0.0493. The van der Waals surface area contributed by atoms with Crippen molar-refractivity contribution < 1.29 is 17.6 Å². The number of aryl methyl sites for hydroxylation is 1. The van der Waals surface area contributed by atoms with Crippen LogP contribution in [-0.4, -0.2) is 44.0 Å². The van der Waals surface area contributed by atoms with E-state index in [1.54, 1.807) is 6.07 Å². The van der Waals surface area contributed by atoms with Crippen LogP contribution in [0.5, 0.6) is 0 Å². The summed E-state index contributed by atoms with van der Waals surface area (Å²) in [5, 5.41) is 3.76. The van der Waals surface area contributed by atoms with Gasteiger partial charge in [-0.05, 0) is 31.4 Å². The van der Waals surface area contributed by atoms with Crippen LogP contribution in [0.4, 0.5) is 0 Å². The number of carbonyl (C=O) groups excluding carboxylic acids is 1. The Labute approximate surface area is 135 Å². The summed E-state index contributed by atoms with van der Waals surface area (Å²) in [4.78, 5) is 12.4. The first-order valence-corrected chi connectivity index (χ1v) is 9.44. The molecule has 3 rings (SSSR count). The van der Waals surface area contributed by atoms with Gasteiger partial charge in [-0.15, -0.1) is 0 Å². The fraction of sp³-hybridized carbons (Fsp3) is 0.438. The van der Waals surface area contributed by atoms with Crippen molar-refractivity contribution in [3.8, 4) is 0 Å². The van der Waals surface area contributed by atoms with Gasteiger partial charge in [0.05, 0.1) is 6.26 Å². The Kier molecular flexibility index (Phi) is 4.16. The second-order valence-corrected chi connectivity index (χ2v) is 8.02. The molecule has 0 saturated carbocycles. The Morgan fingerprint density at radius 3 is 2.87 bits per heavy atom. The summed E-state index contributed by atoms with van der Waals surface area (Å²) < 4.78 is 30.3. The Hall–Kier alpha value is -1.86. The molecule has 1 aromatic carbocycles. The maximum Gasteiger partial charge on any atom is 0.287 e. The number of para-hydroxylation sites is 1. The largest absolute Gasteiger partial charge is 0.451 e. The summed E-state index contributed by atoms with van der Waals surface area (Å²) in [6.07, 6.45) is 2.69. The minimum atomic E-state index is -3.23. The van der Waals surface area contributed by atoms with Crippen molar-refractivity contribution in [3.05, 3.63) is 35.6 Å². The maximum atomic E-state index is 12.4. The number of piperidine rings is 1. The minimum Gasteiger partial charge on any atom is -0.451 e. The monoisotopic (exact) mass is 336 g/mol. The highest BCUT2D eigenvalue weighted by Crippen LogP contribution is 2.23. The summed E-state index contributed by atoms with van der Waals surface area (Å²) in [5.41, 5.74) is 1.68. The van der Waals surface area contributed by atoms with Crippen LogP contribution in [-0.2, 0) is 10.0 Å². The van der Waals surface area contributed by atoms with Gasteiger partial charge in [-0.2, -0.15) is 0 Å². The van der Waals surface area contributed by atoms with E-state index in [2.05, 4.69) is 5.32 Å². The van der Waals surface area contributed by atoms with Crippen molar-refractivity contribution in [3.63, 3.8) is 0 Å². The van der Waals surface area contributed by atoms with Crippen molar-refractivity contribution in [1.82, 2.24) is 9.62 Å². The highest BCUT2D eigenvalue weighted by molar-refractivity contribution is 7.88. The zero-order valence-corrected chi connectivity index (χ0v) is 14.0. The number of hydrogen-bond donors (Lipinski definition) is 1. The Balaban J connectivity index is 1.74. The number of fused-ring (bicyclic) bond motifs is 1. The summed E-state index contributed by atoms with van der Waals surface area (Å²) in [6.45, 7) is 2.75. The molecule has 1 unspecified atom stereocenters. The topological polar surface area (TPSA) is 79.6 Å². The standard InChI is InChI=1S/C16H20N2O4S/c1-11-5-3-6-12-9-14(22-15(11)12)16(19)17-13-7-4-8-18(10-13)23(2,20)21/h3,5-6,9,13H,4,7-8,10H2,1-2H3,(H,17,19). The van der Waals surface area contributed by atoms with Crippen LogP contribution < -0.4 is 5.32 Å². The van der Waals surface area contributed by atoms with Crippen LogP contribution in [0.1, 0.15) is 29.0 Å². The Morgan fingerprint density at radius 2 is 2.17 bits per heavy atom. The molecule has 1 aromatic heterocycles. The van der Waals surface area contributed by atoms with E-state index in [1.807, 2.05) is 25.1 Å². The van der Waals surface area contributed by atoms with E-state index in [-0.39, 0.29) is 17.7 Å². The SMILES string of the molecule is Cc1cccc2cc(C(=O)NC3CCCN(S(C)(=O)=O)C3)oc12. The Bertz CT molecular complexity index is 841. The molecular weight excluding hydrogens is 316 g/mol. The van der Waals surface area contributed by atoms with E-state index in [0.717, 1.165) is 23.8 Å². The fourth-order valence-electron chi connectivity index (χ4n) is 2.94. The van der Waals surface area contributed by atoms with E-state index in [1.165, 1.54) is 10.6 Å². The highest BCUT2D eigenvalue weighted by Gasteiger charge is 2.27. The predicted molar refractivity (Wildman–Crippen MR) is 87.9 cm³/mol. The molecule has 0 spiro atoms. The molecule has 1 amide bonds. The number of nitrogens with one attached hydrogen (secondary N) is 1. The molecule has 1 fully saturated rings. The normalized spacial score (nSPS) is 19.8. The zero-order valence-electron chi connectivity index (χ0n) is 13.2. The second-order valence-electron chi connectivity index (χ2n) is 6.04. The van der Waals surface area contributed by atoms with Crippen LogP contribution in [0.2, 0.25) is 0 Å². The second kappa shape index (κ2) is 5.98. The molecule has 6 nitrogen and oxygen atoms in total. The van der Waals surface area contributed by atoms with Gasteiger partial charge in [0, 0.05) is 24.5 Å². The average Bonchev–Trinajstić information content (AvgIpc) is 2.92. The molecule has 0 radical (unpaired) electrons. The van der Waals surface area contributed by atoms with Crippen molar-refractivity contribution in [2.45, 2.75) is 25.8 Å². The van der Waals surface area contributed by atoms with E-state index < -0.39 is 10.0 Å². The highest BCUT2D eigenvalue weighted by atomic mass is 32.2. The fourth-order valence-corrected chi connectivity index (χ4v) is 3.85. The predicted octanol–water partition coefficient (Wildman–Crippen LogP) is 1.90. The van der Waals surface area contributed by atoms with Crippen molar-refractivity contribution in [1.29, 1.82) is 0 Å². The van der Waals surface area contributed by atoms with Gasteiger partial charge < -0.3 is 9.73 Å². The third kappa shape index (κ3) is 3.40. The molecule has 2 aromatic rings. The number of furan rings is 1. The lowest BCUT2D eigenvalue weighted by atomic mass is 10.1. The lowest BCUT2D eigenvalue weighted by molar-refractivity contribution is 0.0895. The molecule has 2 heterocycles. The molecule has 23 heavy (non-hydrogen) atoms. The number of carbonyl (C=O) groups is 1. The smallest absolute Gasteiger partial charge is 0.287 e. The lowest BCUT2D eigenvalue weighted by Crippen LogP contribution is -2.49. The zero-order chi connectivity index (χ0) is 16.6. The number of sulfonamides is 1. The number of hydrogen-bond acceptors (Lipinski definition) is 4. The van der Waals surface area contributed by atoms with Gasteiger partial charge in [-0.3, -0.25) is 4.79 Å². The molecule has 1 saturated heterocycles. The van der Waals surface area contributed by atoms with Gasteiger partial charge in [0.2, 0.25) is 10.0 Å². The first kappa shape index (κ1) is 16.0.